The van der Waals surface area contributed by atoms with Crippen molar-refractivity contribution in [3.63, 3.8) is 0 Å². The second-order valence-electron chi connectivity index (χ2n) is 4.44. The molecule has 0 radical (unpaired) electrons. The highest BCUT2D eigenvalue weighted by Crippen LogP contribution is 2.30. The molecule has 0 saturated heterocycles. The fourth-order valence-corrected chi connectivity index (χ4v) is 2.33. The summed E-state index contributed by atoms with van der Waals surface area (Å²) in [6, 6.07) is 3.19. The molecule has 4 nitrogen and oxygen atoms in total. The smallest absolute Gasteiger partial charge is 0.320 e. The summed E-state index contributed by atoms with van der Waals surface area (Å²) in [5.74, 6) is -0.227. The van der Waals surface area contributed by atoms with Gasteiger partial charge >= 0.3 is 5.97 Å². The Kier molecular flexibility index (Phi) is 3.33. The van der Waals surface area contributed by atoms with Gasteiger partial charge in [-0.25, -0.2) is 0 Å². The molecule has 0 spiro atoms. The van der Waals surface area contributed by atoms with Gasteiger partial charge in [0.25, 0.3) is 0 Å². The highest BCUT2D eigenvalue weighted by atomic mass is 16.5. The van der Waals surface area contributed by atoms with Crippen molar-refractivity contribution in [3.8, 4) is 5.75 Å². The summed E-state index contributed by atoms with van der Waals surface area (Å²) in [7, 11) is 1.60. The van der Waals surface area contributed by atoms with Crippen LogP contribution >= 0.6 is 0 Å². The van der Waals surface area contributed by atoms with Crippen LogP contribution in [0.2, 0.25) is 0 Å². The van der Waals surface area contributed by atoms with E-state index in [1.165, 1.54) is 11.1 Å². The summed E-state index contributed by atoms with van der Waals surface area (Å²) in [6.45, 7) is 0. The van der Waals surface area contributed by atoms with Crippen LogP contribution in [-0.4, -0.2) is 24.2 Å². The Bertz CT molecular complexity index is 443. The van der Waals surface area contributed by atoms with Crippen LogP contribution in [0.3, 0.4) is 0 Å². The molecular formula is C13H17NO3. The van der Waals surface area contributed by atoms with E-state index in [1.54, 1.807) is 7.11 Å². The molecule has 1 aromatic rings. The zero-order valence-corrected chi connectivity index (χ0v) is 9.90. The molecule has 92 valence electrons. The molecule has 1 aromatic carbocycles. The van der Waals surface area contributed by atoms with Gasteiger partial charge in [-0.3, -0.25) is 4.79 Å². The summed E-state index contributed by atoms with van der Waals surface area (Å²) in [4.78, 5) is 10.8. The van der Waals surface area contributed by atoms with Crippen molar-refractivity contribution in [2.45, 2.75) is 31.7 Å². The normalized spacial score (nSPS) is 15.4. The molecule has 0 saturated carbocycles. The number of hydrogen-bond donors (Lipinski definition) is 2. The average Bonchev–Trinajstić information content (AvgIpc) is 2.74. The van der Waals surface area contributed by atoms with Gasteiger partial charge in [0, 0.05) is 6.42 Å². The number of fused-ring (bicyclic) bond motifs is 1. The van der Waals surface area contributed by atoms with Crippen molar-refractivity contribution >= 4 is 5.97 Å². The molecule has 2 rings (SSSR count). The van der Waals surface area contributed by atoms with Crippen LogP contribution in [-0.2, 0) is 24.1 Å². The lowest BCUT2D eigenvalue weighted by Crippen LogP contribution is -2.32. The van der Waals surface area contributed by atoms with E-state index in [4.69, 9.17) is 15.6 Å². The van der Waals surface area contributed by atoms with Crippen molar-refractivity contribution < 1.29 is 14.6 Å². The first-order valence-corrected chi connectivity index (χ1v) is 5.79. The summed E-state index contributed by atoms with van der Waals surface area (Å²) in [6.07, 6.45) is 3.62. The SMILES string of the molecule is COc1cc2c(cc1CC(N)C(=O)O)CCC2. The first-order valence-electron chi connectivity index (χ1n) is 5.79. The largest absolute Gasteiger partial charge is 0.496 e. The van der Waals surface area contributed by atoms with Gasteiger partial charge < -0.3 is 15.6 Å². The number of carboxylic acid groups (broad SMARTS) is 1. The number of carboxylic acids is 1. The van der Waals surface area contributed by atoms with Crippen molar-refractivity contribution in [2.24, 2.45) is 5.73 Å². The number of ether oxygens (including phenoxy) is 1. The molecule has 1 atom stereocenters. The van der Waals surface area contributed by atoms with Gasteiger partial charge in [0.2, 0.25) is 0 Å². The summed E-state index contributed by atoms with van der Waals surface area (Å²) in [5.41, 5.74) is 9.07. The topological polar surface area (TPSA) is 72.5 Å². The number of benzene rings is 1. The van der Waals surface area contributed by atoms with Crippen molar-refractivity contribution in [3.05, 3.63) is 28.8 Å². The van der Waals surface area contributed by atoms with E-state index in [1.807, 2.05) is 12.1 Å². The maximum absolute atomic E-state index is 10.8. The van der Waals surface area contributed by atoms with Crippen LogP contribution in [0.25, 0.3) is 0 Å². The van der Waals surface area contributed by atoms with Crippen LogP contribution in [0, 0.1) is 0 Å². The molecule has 17 heavy (non-hydrogen) atoms. The van der Waals surface area contributed by atoms with Gasteiger partial charge in [0.05, 0.1) is 7.11 Å². The lowest BCUT2D eigenvalue weighted by Gasteiger charge is -2.13. The summed E-state index contributed by atoms with van der Waals surface area (Å²) < 4.78 is 5.30. The van der Waals surface area contributed by atoms with E-state index in [-0.39, 0.29) is 0 Å². The van der Waals surface area contributed by atoms with Crippen LogP contribution in [0.4, 0.5) is 0 Å². The van der Waals surface area contributed by atoms with E-state index in [0.29, 0.717) is 6.42 Å². The average molecular weight is 235 g/mol. The lowest BCUT2D eigenvalue weighted by atomic mass is 10.00. The number of aliphatic carboxylic acids is 1. The maximum Gasteiger partial charge on any atom is 0.320 e. The molecule has 3 N–H and O–H groups in total. The van der Waals surface area contributed by atoms with Crippen LogP contribution in [0.15, 0.2) is 12.1 Å². The molecule has 0 bridgehead atoms. The zero-order valence-electron chi connectivity index (χ0n) is 9.90. The third kappa shape index (κ3) is 2.42. The molecule has 1 aliphatic carbocycles. The molecule has 1 unspecified atom stereocenters. The molecular weight excluding hydrogens is 218 g/mol. The lowest BCUT2D eigenvalue weighted by molar-refractivity contribution is -0.138. The van der Waals surface area contributed by atoms with Gasteiger partial charge in [0.15, 0.2) is 0 Å². The van der Waals surface area contributed by atoms with Crippen molar-refractivity contribution in [1.82, 2.24) is 0 Å². The minimum Gasteiger partial charge on any atom is -0.496 e. The Labute approximate surface area is 100 Å². The second kappa shape index (κ2) is 4.75. The highest BCUT2D eigenvalue weighted by molar-refractivity contribution is 5.73. The molecule has 4 heteroatoms. The number of methoxy groups -OCH3 is 1. The first-order chi connectivity index (χ1) is 8.11. The van der Waals surface area contributed by atoms with Gasteiger partial charge in [-0.2, -0.15) is 0 Å². The number of nitrogens with two attached hydrogens (primary N) is 1. The molecule has 0 amide bonds. The highest BCUT2D eigenvalue weighted by Gasteiger charge is 2.19. The van der Waals surface area contributed by atoms with Crippen LogP contribution in [0.1, 0.15) is 23.1 Å². The minimum atomic E-state index is -0.979. The van der Waals surface area contributed by atoms with E-state index in [9.17, 15) is 4.79 Å². The Morgan fingerprint density at radius 1 is 1.47 bits per heavy atom. The predicted molar refractivity (Wildman–Crippen MR) is 64.3 cm³/mol. The Balaban J connectivity index is 2.29. The summed E-state index contributed by atoms with van der Waals surface area (Å²) >= 11 is 0. The van der Waals surface area contributed by atoms with Crippen molar-refractivity contribution in [1.29, 1.82) is 0 Å². The van der Waals surface area contributed by atoms with E-state index in [2.05, 4.69) is 0 Å². The molecule has 0 aromatic heterocycles. The fourth-order valence-electron chi connectivity index (χ4n) is 2.33. The van der Waals surface area contributed by atoms with Crippen LogP contribution in [0.5, 0.6) is 5.75 Å². The number of rotatable bonds is 4. The third-order valence-corrected chi connectivity index (χ3v) is 3.25. The zero-order chi connectivity index (χ0) is 12.4. The standard InChI is InChI=1S/C13H17NO3/c1-17-12-7-9-4-2-3-8(9)5-10(12)6-11(14)13(15)16/h5,7,11H,2-4,6,14H2,1H3,(H,15,16). The molecule has 0 fully saturated rings. The quantitative estimate of drug-likeness (QED) is 0.820. The van der Waals surface area contributed by atoms with Gasteiger partial charge in [-0.1, -0.05) is 6.07 Å². The van der Waals surface area contributed by atoms with Gasteiger partial charge in [0.1, 0.15) is 11.8 Å². The fraction of sp³-hybridized carbons (Fsp3) is 0.462. The predicted octanol–water partition coefficient (Wildman–Crippen LogP) is 1.14. The van der Waals surface area contributed by atoms with E-state index in [0.717, 1.165) is 30.6 Å². The molecule has 0 heterocycles. The third-order valence-electron chi connectivity index (χ3n) is 3.25. The van der Waals surface area contributed by atoms with Gasteiger partial charge in [-0.15, -0.1) is 0 Å². The molecule has 1 aliphatic rings. The Hall–Kier alpha value is -1.55. The monoisotopic (exact) mass is 235 g/mol. The van der Waals surface area contributed by atoms with Crippen LogP contribution < -0.4 is 10.5 Å². The van der Waals surface area contributed by atoms with Crippen molar-refractivity contribution in [2.75, 3.05) is 7.11 Å². The number of aryl methyl sites for hydroxylation is 2. The van der Waals surface area contributed by atoms with E-state index >= 15 is 0 Å². The Morgan fingerprint density at radius 3 is 2.71 bits per heavy atom. The number of hydrogen-bond acceptors (Lipinski definition) is 3. The first kappa shape index (κ1) is 11.9. The van der Waals surface area contributed by atoms with E-state index < -0.39 is 12.0 Å². The number of carbonyl (C=O) groups is 1. The second-order valence-corrected chi connectivity index (χ2v) is 4.44. The summed E-state index contributed by atoms with van der Waals surface area (Å²) in [5, 5.41) is 8.83. The minimum absolute atomic E-state index is 0.311. The Morgan fingerprint density at radius 2 is 2.12 bits per heavy atom. The van der Waals surface area contributed by atoms with Gasteiger partial charge in [-0.05, 0) is 42.0 Å². The maximum atomic E-state index is 10.8. The molecule has 0 aliphatic heterocycles.